The number of ether oxygens (including phenoxy) is 1. The van der Waals surface area contributed by atoms with Gasteiger partial charge in [-0.05, 0) is 44.7 Å². The number of carbonyl (C=O) groups is 1. The normalized spacial score (nSPS) is 20.7. The van der Waals surface area contributed by atoms with Crippen molar-refractivity contribution in [2.24, 2.45) is 0 Å². The van der Waals surface area contributed by atoms with Crippen LogP contribution in [0.3, 0.4) is 0 Å². The Kier molecular flexibility index (Phi) is 4.53. The second-order valence-corrected chi connectivity index (χ2v) is 7.02. The highest BCUT2D eigenvalue weighted by atomic mass is 16.5. The average molecular weight is 341 g/mol. The summed E-state index contributed by atoms with van der Waals surface area (Å²) in [5, 5.41) is 4.00. The molecule has 6 nitrogen and oxygen atoms in total. The van der Waals surface area contributed by atoms with Crippen LogP contribution in [0.4, 0.5) is 0 Å². The molecule has 2 aliphatic rings. The lowest BCUT2D eigenvalue weighted by Crippen LogP contribution is -2.43. The maximum Gasteiger partial charge on any atom is 0.253 e. The molecule has 1 amide bonds. The molecule has 132 valence electrons. The highest BCUT2D eigenvalue weighted by Gasteiger charge is 2.29. The third-order valence-corrected chi connectivity index (χ3v) is 4.80. The number of rotatable bonds is 5. The van der Waals surface area contributed by atoms with Gasteiger partial charge in [0.25, 0.3) is 11.8 Å². The van der Waals surface area contributed by atoms with Gasteiger partial charge in [0.15, 0.2) is 5.82 Å². The molecule has 1 unspecified atom stereocenters. The van der Waals surface area contributed by atoms with Gasteiger partial charge in [-0.2, -0.15) is 4.98 Å². The van der Waals surface area contributed by atoms with Crippen LogP contribution >= 0.6 is 0 Å². The van der Waals surface area contributed by atoms with Crippen molar-refractivity contribution in [3.8, 4) is 0 Å². The van der Waals surface area contributed by atoms with Crippen LogP contribution in [0, 0.1) is 6.92 Å². The number of benzene rings is 1. The molecule has 1 atom stereocenters. The van der Waals surface area contributed by atoms with Crippen LogP contribution in [-0.4, -0.2) is 40.1 Å². The van der Waals surface area contributed by atoms with Gasteiger partial charge in [0.05, 0.1) is 6.10 Å². The molecule has 6 heteroatoms. The molecule has 2 aromatic rings. The summed E-state index contributed by atoms with van der Waals surface area (Å²) >= 11 is 0. The molecule has 4 rings (SSSR count). The van der Waals surface area contributed by atoms with Gasteiger partial charge in [-0.1, -0.05) is 22.9 Å². The Morgan fingerprint density at radius 1 is 1.36 bits per heavy atom. The van der Waals surface area contributed by atoms with Gasteiger partial charge < -0.3 is 14.2 Å². The lowest BCUT2D eigenvalue weighted by atomic mass is 10.1. The lowest BCUT2D eigenvalue weighted by Gasteiger charge is -2.32. The maximum absolute atomic E-state index is 12.7. The zero-order valence-electron chi connectivity index (χ0n) is 14.5. The number of nitrogens with zero attached hydrogens (tertiary/aromatic N) is 3. The summed E-state index contributed by atoms with van der Waals surface area (Å²) < 4.78 is 11.2. The topological polar surface area (TPSA) is 68.5 Å². The minimum atomic E-state index is 0.0128. The van der Waals surface area contributed by atoms with E-state index in [9.17, 15) is 4.79 Å². The highest BCUT2D eigenvalue weighted by Crippen LogP contribution is 2.38. The minimum Gasteiger partial charge on any atom is -0.367 e. The second-order valence-electron chi connectivity index (χ2n) is 7.02. The zero-order chi connectivity index (χ0) is 17.2. The summed E-state index contributed by atoms with van der Waals surface area (Å²) in [5.41, 5.74) is 1.84. The largest absolute Gasteiger partial charge is 0.367 e. The standard InChI is InChI=1S/C19H23N3O3/c1-13-4-2-5-15(10-13)19(23)22-9-3-6-16(11-22)24-12-17-20-18(21-25-17)14-7-8-14/h2,4-5,10,14,16H,3,6-9,11-12H2,1H3. The first-order valence-corrected chi connectivity index (χ1v) is 8.99. The number of likely N-dealkylation sites (tertiary alicyclic amines) is 1. The predicted octanol–water partition coefficient (Wildman–Crippen LogP) is 3.08. The Hall–Kier alpha value is -2.21. The third kappa shape index (κ3) is 3.90. The van der Waals surface area contributed by atoms with Gasteiger partial charge in [0, 0.05) is 24.6 Å². The smallest absolute Gasteiger partial charge is 0.253 e. The quantitative estimate of drug-likeness (QED) is 0.836. The Morgan fingerprint density at radius 3 is 3.04 bits per heavy atom. The molecule has 1 aliphatic carbocycles. The summed E-state index contributed by atoms with van der Waals surface area (Å²) in [6, 6.07) is 7.73. The summed E-state index contributed by atoms with van der Waals surface area (Å²) in [7, 11) is 0. The van der Waals surface area contributed by atoms with Gasteiger partial charge in [0.2, 0.25) is 0 Å². The molecule has 1 aromatic heterocycles. The van der Waals surface area contributed by atoms with E-state index in [1.54, 1.807) is 0 Å². The van der Waals surface area contributed by atoms with E-state index in [1.807, 2.05) is 36.1 Å². The molecular formula is C19H23N3O3. The molecule has 2 heterocycles. The first-order chi connectivity index (χ1) is 12.2. The van der Waals surface area contributed by atoms with Gasteiger partial charge >= 0.3 is 0 Å². The van der Waals surface area contributed by atoms with Crippen molar-refractivity contribution < 1.29 is 14.1 Å². The Balaban J connectivity index is 1.33. The van der Waals surface area contributed by atoms with Crippen LogP contribution in [0.25, 0.3) is 0 Å². The Morgan fingerprint density at radius 2 is 2.24 bits per heavy atom. The van der Waals surface area contributed by atoms with Crippen LogP contribution in [0.2, 0.25) is 0 Å². The number of piperidine rings is 1. The number of hydrogen-bond donors (Lipinski definition) is 0. The van der Waals surface area contributed by atoms with E-state index in [-0.39, 0.29) is 12.0 Å². The van der Waals surface area contributed by atoms with Crippen molar-refractivity contribution in [3.05, 3.63) is 47.1 Å². The number of aryl methyl sites for hydroxylation is 1. The monoisotopic (exact) mass is 341 g/mol. The molecule has 1 aliphatic heterocycles. The lowest BCUT2D eigenvalue weighted by molar-refractivity contribution is -0.0153. The van der Waals surface area contributed by atoms with Crippen LogP contribution in [0.1, 0.15) is 59.2 Å². The van der Waals surface area contributed by atoms with Crippen molar-refractivity contribution in [2.45, 2.75) is 51.2 Å². The van der Waals surface area contributed by atoms with E-state index >= 15 is 0 Å². The molecule has 25 heavy (non-hydrogen) atoms. The molecule has 1 aromatic carbocycles. The van der Waals surface area contributed by atoms with E-state index in [1.165, 1.54) is 0 Å². The molecule has 0 N–H and O–H groups in total. The predicted molar refractivity (Wildman–Crippen MR) is 91.2 cm³/mol. The summed E-state index contributed by atoms with van der Waals surface area (Å²) in [6.07, 6.45) is 4.20. The molecule has 1 saturated carbocycles. The fourth-order valence-electron chi connectivity index (χ4n) is 3.24. The van der Waals surface area contributed by atoms with Crippen LogP contribution in [0.5, 0.6) is 0 Å². The van der Waals surface area contributed by atoms with Gasteiger partial charge in [-0.15, -0.1) is 0 Å². The van der Waals surface area contributed by atoms with Crippen molar-refractivity contribution in [2.75, 3.05) is 13.1 Å². The highest BCUT2D eigenvalue weighted by molar-refractivity contribution is 5.94. The number of carbonyl (C=O) groups excluding carboxylic acids is 1. The molecule has 1 saturated heterocycles. The molecule has 0 bridgehead atoms. The Bertz CT molecular complexity index is 754. The maximum atomic E-state index is 12.7. The van der Waals surface area contributed by atoms with Gasteiger partial charge in [-0.25, -0.2) is 0 Å². The average Bonchev–Trinajstić information content (AvgIpc) is 3.38. The van der Waals surface area contributed by atoms with Crippen molar-refractivity contribution in [1.82, 2.24) is 15.0 Å². The first-order valence-electron chi connectivity index (χ1n) is 8.99. The summed E-state index contributed by atoms with van der Waals surface area (Å²) in [4.78, 5) is 19.0. The fraction of sp³-hybridized carbons (Fsp3) is 0.526. The number of amides is 1. The van der Waals surface area contributed by atoms with E-state index in [0.717, 1.165) is 49.2 Å². The first kappa shape index (κ1) is 16.3. The molecule has 2 fully saturated rings. The minimum absolute atomic E-state index is 0.0128. The SMILES string of the molecule is Cc1cccc(C(=O)N2CCCC(OCc3nc(C4CC4)no3)C2)c1. The van der Waals surface area contributed by atoms with E-state index in [0.29, 0.717) is 25.0 Å². The van der Waals surface area contributed by atoms with E-state index < -0.39 is 0 Å². The van der Waals surface area contributed by atoms with Crippen LogP contribution in [-0.2, 0) is 11.3 Å². The van der Waals surface area contributed by atoms with E-state index in [2.05, 4.69) is 10.1 Å². The van der Waals surface area contributed by atoms with Crippen molar-refractivity contribution >= 4 is 5.91 Å². The summed E-state index contributed by atoms with van der Waals surface area (Å²) in [6.45, 7) is 3.70. The second kappa shape index (κ2) is 6.96. The van der Waals surface area contributed by atoms with Crippen molar-refractivity contribution in [1.29, 1.82) is 0 Å². The van der Waals surface area contributed by atoms with Gasteiger partial charge in [0.1, 0.15) is 6.61 Å². The number of aromatic nitrogens is 2. The summed E-state index contributed by atoms with van der Waals surface area (Å²) in [5.74, 6) is 1.89. The van der Waals surface area contributed by atoms with Crippen LogP contribution < -0.4 is 0 Å². The molecule has 0 radical (unpaired) electrons. The van der Waals surface area contributed by atoms with Gasteiger partial charge in [-0.3, -0.25) is 4.79 Å². The molecule has 0 spiro atoms. The fourth-order valence-corrected chi connectivity index (χ4v) is 3.24. The third-order valence-electron chi connectivity index (χ3n) is 4.80. The Labute approximate surface area is 147 Å². The van der Waals surface area contributed by atoms with Crippen LogP contribution in [0.15, 0.2) is 28.8 Å². The van der Waals surface area contributed by atoms with Crippen molar-refractivity contribution in [3.63, 3.8) is 0 Å². The molecular weight excluding hydrogens is 318 g/mol. The number of hydrogen-bond acceptors (Lipinski definition) is 5. The van der Waals surface area contributed by atoms with E-state index in [4.69, 9.17) is 9.26 Å². The zero-order valence-corrected chi connectivity index (χ0v) is 14.5.